The van der Waals surface area contributed by atoms with Gasteiger partial charge >= 0.3 is 0 Å². The first-order chi connectivity index (χ1) is 13.8. The Kier molecular flexibility index (Phi) is 3.99. The van der Waals surface area contributed by atoms with Crippen LogP contribution in [0.5, 0.6) is 0 Å². The molecule has 0 N–H and O–H groups in total. The van der Waals surface area contributed by atoms with Gasteiger partial charge in [0.05, 0.1) is 17.1 Å². The highest BCUT2D eigenvalue weighted by atomic mass is 15.2. The lowest BCUT2D eigenvalue weighted by Crippen LogP contribution is -2.11. The fourth-order valence-corrected chi connectivity index (χ4v) is 3.67. The van der Waals surface area contributed by atoms with Crippen LogP contribution in [0.2, 0.25) is 0 Å². The predicted octanol–water partition coefficient (Wildman–Crippen LogP) is 7.86. The predicted molar refractivity (Wildman–Crippen MR) is 115 cm³/mol. The van der Waals surface area contributed by atoms with E-state index in [0.717, 1.165) is 28.4 Å². The number of anilines is 3. The van der Waals surface area contributed by atoms with Gasteiger partial charge in [0.2, 0.25) is 0 Å². The lowest BCUT2D eigenvalue weighted by molar-refractivity contribution is 1.24. The van der Waals surface area contributed by atoms with Crippen molar-refractivity contribution in [2.75, 3.05) is 4.90 Å². The topological polar surface area (TPSA) is 28.0 Å². The molecule has 0 aliphatic carbocycles. The number of hydrogen-bond acceptors (Lipinski definition) is 3. The van der Waals surface area contributed by atoms with Crippen molar-refractivity contribution in [3.63, 3.8) is 0 Å². The monoisotopic (exact) mass is 361 g/mol. The van der Waals surface area contributed by atoms with Crippen LogP contribution in [-0.2, 0) is 0 Å². The van der Waals surface area contributed by atoms with E-state index in [-0.39, 0.29) is 0 Å². The van der Waals surface area contributed by atoms with Crippen LogP contribution in [0.4, 0.5) is 28.4 Å². The largest absolute Gasteiger partial charge is 0.305 e. The highest BCUT2D eigenvalue weighted by molar-refractivity contribution is 5.94. The van der Waals surface area contributed by atoms with Gasteiger partial charge in [0, 0.05) is 5.56 Å². The fraction of sp³-hybridized carbons (Fsp3) is 0.0400. The first-order valence-electron chi connectivity index (χ1n) is 9.37. The Labute approximate surface area is 164 Å². The molecule has 134 valence electrons. The Morgan fingerprint density at radius 1 is 0.571 bits per heavy atom. The number of fused-ring (bicyclic) bond motifs is 2. The summed E-state index contributed by atoms with van der Waals surface area (Å²) in [5.74, 6) is 0. The number of benzene rings is 4. The number of rotatable bonds is 2. The molecule has 0 atom stereocenters. The van der Waals surface area contributed by atoms with E-state index in [9.17, 15) is 0 Å². The van der Waals surface area contributed by atoms with Crippen molar-refractivity contribution in [1.29, 1.82) is 0 Å². The highest BCUT2D eigenvalue weighted by Gasteiger charge is 2.23. The molecule has 28 heavy (non-hydrogen) atoms. The standard InChI is InChI=1S/C25H19N3/c1-18-15-16-25-22(17-18)27-26-21-12-6-8-14-24(21)28(25)23-13-7-5-11-20(23)19-9-3-2-4-10-19/h2-17H,1H3. The molecule has 0 saturated carbocycles. The maximum absolute atomic E-state index is 4.55. The second-order valence-corrected chi connectivity index (χ2v) is 6.90. The summed E-state index contributed by atoms with van der Waals surface area (Å²) in [4.78, 5) is 2.27. The van der Waals surface area contributed by atoms with Crippen LogP contribution in [0.3, 0.4) is 0 Å². The number of nitrogens with zero attached hydrogens (tertiary/aromatic N) is 3. The zero-order valence-corrected chi connectivity index (χ0v) is 15.6. The quantitative estimate of drug-likeness (QED) is 0.314. The third kappa shape index (κ3) is 2.78. The molecule has 4 aromatic rings. The number of aryl methyl sites for hydroxylation is 1. The molecular formula is C25H19N3. The van der Waals surface area contributed by atoms with E-state index in [1.165, 1.54) is 16.7 Å². The van der Waals surface area contributed by atoms with Gasteiger partial charge in [-0.15, -0.1) is 10.2 Å². The molecule has 0 fully saturated rings. The van der Waals surface area contributed by atoms with E-state index in [4.69, 9.17) is 0 Å². The molecular weight excluding hydrogens is 342 g/mol. The maximum Gasteiger partial charge on any atom is 0.110 e. The van der Waals surface area contributed by atoms with Gasteiger partial charge in [0.15, 0.2) is 0 Å². The van der Waals surface area contributed by atoms with E-state index < -0.39 is 0 Å². The van der Waals surface area contributed by atoms with Crippen molar-refractivity contribution in [2.24, 2.45) is 10.2 Å². The van der Waals surface area contributed by atoms with Crippen LogP contribution < -0.4 is 4.90 Å². The first kappa shape index (κ1) is 16.5. The van der Waals surface area contributed by atoms with E-state index in [0.29, 0.717) is 0 Å². The molecule has 1 heterocycles. The summed E-state index contributed by atoms with van der Waals surface area (Å²) >= 11 is 0. The van der Waals surface area contributed by atoms with E-state index in [2.05, 4.69) is 94.8 Å². The third-order valence-corrected chi connectivity index (χ3v) is 4.99. The molecule has 3 nitrogen and oxygen atoms in total. The molecule has 3 heteroatoms. The molecule has 0 amide bonds. The summed E-state index contributed by atoms with van der Waals surface area (Å²) in [5, 5.41) is 9.08. The maximum atomic E-state index is 4.55. The van der Waals surface area contributed by atoms with Crippen molar-refractivity contribution in [3.8, 4) is 11.1 Å². The average Bonchev–Trinajstić information content (AvgIpc) is 2.91. The van der Waals surface area contributed by atoms with Crippen LogP contribution >= 0.6 is 0 Å². The zero-order valence-electron chi connectivity index (χ0n) is 15.6. The Balaban J connectivity index is 1.81. The minimum absolute atomic E-state index is 0.860. The lowest BCUT2D eigenvalue weighted by Gasteiger charge is -2.28. The molecule has 1 aliphatic heterocycles. The minimum atomic E-state index is 0.860. The third-order valence-electron chi connectivity index (χ3n) is 4.99. The Bertz CT molecular complexity index is 1180. The van der Waals surface area contributed by atoms with Gasteiger partial charge in [0.1, 0.15) is 11.4 Å². The Morgan fingerprint density at radius 2 is 1.21 bits per heavy atom. The summed E-state index contributed by atoms with van der Waals surface area (Å²) in [6.07, 6.45) is 0. The van der Waals surface area contributed by atoms with Crippen molar-refractivity contribution in [3.05, 3.63) is 103 Å². The normalized spacial score (nSPS) is 12.2. The number of para-hydroxylation sites is 2. The van der Waals surface area contributed by atoms with Crippen LogP contribution in [0.1, 0.15) is 5.56 Å². The molecule has 0 saturated heterocycles. The molecule has 4 aromatic carbocycles. The minimum Gasteiger partial charge on any atom is -0.305 e. The summed E-state index contributed by atoms with van der Waals surface area (Å²) in [5.41, 5.74) is 8.42. The van der Waals surface area contributed by atoms with Crippen molar-refractivity contribution in [1.82, 2.24) is 0 Å². The summed E-state index contributed by atoms with van der Waals surface area (Å²) < 4.78 is 0. The van der Waals surface area contributed by atoms with Crippen LogP contribution in [-0.4, -0.2) is 0 Å². The molecule has 0 radical (unpaired) electrons. The second-order valence-electron chi connectivity index (χ2n) is 6.90. The van der Waals surface area contributed by atoms with Crippen LogP contribution in [0.25, 0.3) is 11.1 Å². The highest BCUT2D eigenvalue weighted by Crippen LogP contribution is 2.49. The van der Waals surface area contributed by atoms with Gasteiger partial charge < -0.3 is 4.90 Å². The number of hydrogen-bond donors (Lipinski definition) is 0. The Morgan fingerprint density at radius 3 is 2.07 bits per heavy atom. The van der Waals surface area contributed by atoms with Crippen molar-refractivity contribution >= 4 is 28.4 Å². The van der Waals surface area contributed by atoms with Crippen LogP contribution in [0.15, 0.2) is 107 Å². The summed E-state index contributed by atoms with van der Waals surface area (Å²) in [6.45, 7) is 2.08. The fourth-order valence-electron chi connectivity index (χ4n) is 3.67. The van der Waals surface area contributed by atoms with Crippen LogP contribution in [0, 0.1) is 6.92 Å². The smallest absolute Gasteiger partial charge is 0.110 e. The molecule has 0 spiro atoms. The van der Waals surface area contributed by atoms with Gasteiger partial charge in [-0.05, 0) is 48.4 Å². The first-order valence-corrected chi connectivity index (χ1v) is 9.37. The van der Waals surface area contributed by atoms with Crippen molar-refractivity contribution < 1.29 is 0 Å². The van der Waals surface area contributed by atoms with E-state index >= 15 is 0 Å². The van der Waals surface area contributed by atoms with Crippen molar-refractivity contribution in [2.45, 2.75) is 6.92 Å². The second kappa shape index (κ2) is 6.78. The Hall–Kier alpha value is -3.72. The summed E-state index contributed by atoms with van der Waals surface area (Å²) in [7, 11) is 0. The van der Waals surface area contributed by atoms with Gasteiger partial charge in [-0.1, -0.05) is 66.7 Å². The van der Waals surface area contributed by atoms with E-state index in [1.807, 2.05) is 24.3 Å². The van der Waals surface area contributed by atoms with Gasteiger partial charge in [0.25, 0.3) is 0 Å². The van der Waals surface area contributed by atoms with Gasteiger partial charge in [-0.25, -0.2) is 0 Å². The molecule has 1 aliphatic rings. The number of azo groups is 1. The molecule has 0 unspecified atom stereocenters. The zero-order chi connectivity index (χ0) is 18.9. The molecule has 0 aromatic heterocycles. The average molecular weight is 361 g/mol. The van der Waals surface area contributed by atoms with Gasteiger partial charge in [-0.3, -0.25) is 0 Å². The SMILES string of the molecule is Cc1ccc2c(c1)N=Nc1ccccc1N2c1ccccc1-c1ccccc1. The molecule has 0 bridgehead atoms. The summed E-state index contributed by atoms with van der Waals surface area (Å²) in [6, 6.07) is 33.5. The van der Waals surface area contributed by atoms with E-state index in [1.54, 1.807) is 0 Å². The lowest BCUT2D eigenvalue weighted by atomic mass is 10.0. The molecule has 5 rings (SSSR count). The van der Waals surface area contributed by atoms with Gasteiger partial charge in [-0.2, -0.15) is 0 Å².